The van der Waals surface area contributed by atoms with Gasteiger partial charge in [-0.25, -0.2) is 0 Å². The van der Waals surface area contributed by atoms with Gasteiger partial charge in [0.25, 0.3) is 0 Å². The normalized spacial score (nSPS) is 23.4. The van der Waals surface area contributed by atoms with E-state index in [0.717, 1.165) is 18.4 Å². The van der Waals surface area contributed by atoms with Crippen LogP contribution in [0.15, 0.2) is 24.3 Å². The summed E-state index contributed by atoms with van der Waals surface area (Å²) in [5.41, 5.74) is 1.57. The average molecular weight is 334 g/mol. The molecule has 1 aromatic carbocycles. The molecule has 0 N–H and O–H groups in total. The number of hydrogen-bond donors (Lipinski definition) is 0. The molecule has 0 aromatic heterocycles. The monoisotopic (exact) mass is 334 g/mol. The zero-order valence-corrected chi connectivity index (χ0v) is 14.1. The van der Waals surface area contributed by atoms with Gasteiger partial charge in [0.05, 0.1) is 12.8 Å². The minimum Gasteiger partial charge on any atom is -0.376 e. The molecule has 130 valence electrons. The van der Waals surface area contributed by atoms with Crippen molar-refractivity contribution >= 4 is 17.5 Å². The largest absolute Gasteiger partial charge is 0.376 e. The number of rotatable bonds is 5. The van der Waals surface area contributed by atoms with Crippen molar-refractivity contribution in [3.63, 3.8) is 0 Å². The summed E-state index contributed by atoms with van der Waals surface area (Å²) in [5.74, 6) is -0.256. The minimum absolute atomic E-state index is 0.00185. The van der Waals surface area contributed by atoms with Crippen LogP contribution < -0.4 is 4.90 Å². The van der Waals surface area contributed by atoms with Gasteiger partial charge in [0.15, 0.2) is 0 Å². The molecule has 2 aliphatic rings. The number of hydrogen-bond acceptors (Lipinski definition) is 3. The first-order valence-corrected chi connectivity index (χ1v) is 8.36. The number of halogens is 1. The molecule has 2 amide bonds. The van der Waals surface area contributed by atoms with E-state index in [2.05, 4.69) is 0 Å². The Morgan fingerprint density at radius 3 is 2.62 bits per heavy atom. The number of methoxy groups -OCH3 is 1. The molecule has 2 saturated heterocycles. The standard InChI is InChI=1S/C18H23FN2O3/c1-12(10-19)17(24-2)13-5-7-14(8-6-13)21-11-16(22)20-9-3-4-15(20)18(21)23/h5-8,12,15,17H,3-4,9-11H2,1-2H3/t12-,15+,17+/m1/s1. The highest BCUT2D eigenvalue weighted by Crippen LogP contribution is 2.30. The van der Waals surface area contributed by atoms with Crippen LogP contribution in [0, 0.1) is 5.92 Å². The smallest absolute Gasteiger partial charge is 0.250 e. The number of nitrogens with zero attached hydrogens (tertiary/aromatic N) is 2. The molecule has 0 aliphatic carbocycles. The van der Waals surface area contributed by atoms with Crippen molar-refractivity contribution in [2.75, 3.05) is 31.8 Å². The van der Waals surface area contributed by atoms with Crippen LogP contribution in [0.25, 0.3) is 0 Å². The van der Waals surface area contributed by atoms with E-state index in [1.807, 2.05) is 24.3 Å². The van der Waals surface area contributed by atoms with Crippen LogP contribution in [-0.2, 0) is 14.3 Å². The first-order chi connectivity index (χ1) is 11.6. The molecule has 0 saturated carbocycles. The van der Waals surface area contributed by atoms with E-state index in [1.165, 1.54) is 0 Å². The number of alkyl halides is 1. The van der Waals surface area contributed by atoms with Gasteiger partial charge < -0.3 is 14.5 Å². The van der Waals surface area contributed by atoms with Crippen LogP contribution in [-0.4, -0.2) is 49.6 Å². The number of anilines is 1. The van der Waals surface area contributed by atoms with E-state index in [4.69, 9.17) is 4.74 Å². The number of carbonyl (C=O) groups is 2. The molecular weight excluding hydrogens is 311 g/mol. The van der Waals surface area contributed by atoms with Crippen molar-refractivity contribution in [2.45, 2.75) is 31.9 Å². The van der Waals surface area contributed by atoms with E-state index in [9.17, 15) is 14.0 Å². The summed E-state index contributed by atoms with van der Waals surface area (Å²) < 4.78 is 18.3. The zero-order valence-electron chi connectivity index (χ0n) is 14.1. The van der Waals surface area contributed by atoms with Gasteiger partial charge in [0, 0.05) is 25.3 Å². The third kappa shape index (κ3) is 2.90. The molecule has 6 heteroatoms. The van der Waals surface area contributed by atoms with E-state index in [0.29, 0.717) is 12.2 Å². The molecular formula is C18H23FN2O3. The van der Waals surface area contributed by atoms with Gasteiger partial charge in [-0.1, -0.05) is 19.1 Å². The summed E-state index contributed by atoms with van der Waals surface area (Å²) in [6.07, 6.45) is 1.29. The summed E-state index contributed by atoms with van der Waals surface area (Å²) >= 11 is 0. The molecule has 0 unspecified atom stereocenters. The van der Waals surface area contributed by atoms with Crippen molar-refractivity contribution in [1.82, 2.24) is 4.90 Å². The van der Waals surface area contributed by atoms with E-state index in [1.54, 1.807) is 23.8 Å². The molecule has 2 aliphatic heterocycles. The van der Waals surface area contributed by atoms with Gasteiger partial charge in [-0.15, -0.1) is 0 Å². The second kappa shape index (κ2) is 6.89. The summed E-state index contributed by atoms with van der Waals surface area (Å²) in [4.78, 5) is 28.1. The molecule has 5 nitrogen and oxygen atoms in total. The average Bonchev–Trinajstić information content (AvgIpc) is 3.10. The quantitative estimate of drug-likeness (QED) is 0.830. The summed E-state index contributed by atoms with van der Waals surface area (Å²) in [7, 11) is 1.56. The maximum Gasteiger partial charge on any atom is 0.250 e. The van der Waals surface area contributed by atoms with Gasteiger partial charge >= 0.3 is 0 Å². The van der Waals surface area contributed by atoms with Crippen molar-refractivity contribution in [1.29, 1.82) is 0 Å². The van der Waals surface area contributed by atoms with Crippen LogP contribution in [0.5, 0.6) is 0 Å². The Morgan fingerprint density at radius 1 is 1.29 bits per heavy atom. The topological polar surface area (TPSA) is 49.9 Å². The Morgan fingerprint density at radius 2 is 2.00 bits per heavy atom. The maximum absolute atomic E-state index is 12.9. The molecule has 2 fully saturated rings. The number of fused-ring (bicyclic) bond motifs is 1. The maximum atomic E-state index is 12.9. The third-order valence-electron chi connectivity index (χ3n) is 4.97. The summed E-state index contributed by atoms with van der Waals surface area (Å²) in [5, 5.41) is 0. The molecule has 24 heavy (non-hydrogen) atoms. The second-order valence-electron chi connectivity index (χ2n) is 6.55. The van der Waals surface area contributed by atoms with Crippen LogP contribution in [0.2, 0.25) is 0 Å². The van der Waals surface area contributed by atoms with E-state index >= 15 is 0 Å². The molecule has 0 radical (unpaired) electrons. The van der Waals surface area contributed by atoms with Gasteiger partial charge in [0.2, 0.25) is 11.8 Å². The van der Waals surface area contributed by atoms with Gasteiger partial charge in [-0.3, -0.25) is 14.0 Å². The highest BCUT2D eigenvalue weighted by molar-refractivity contribution is 6.06. The lowest BCUT2D eigenvalue weighted by molar-refractivity contribution is -0.140. The Bertz CT molecular complexity index is 619. The number of piperazine rings is 1. The molecule has 0 bridgehead atoms. The molecule has 2 heterocycles. The van der Waals surface area contributed by atoms with Crippen LogP contribution in [0.3, 0.4) is 0 Å². The SMILES string of the molecule is CO[C@H](c1ccc(N2CC(=O)N3CCC[C@H]3C2=O)cc1)[C@H](C)CF. The van der Waals surface area contributed by atoms with Crippen molar-refractivity contribution in [3.8, 4) is 0 Å². The first-order valence-electron chi connectivity index (χ1n) is 8.36. The fourth-order valence-corrected chi connectivity index (χ4v) is 3.65. The minimum atomic E-state index is -0.461. The van der Waals surface area contributed by atoms with Gasteiger partial charge in [0.1, 0.15) is 12.6 Å². The Balaban J connectivity index is 1.80. The van der Waals surface area contributed by atoms with Crippen molar-refractivity contribution in [3.05, 3.63) is 29.8 Å². The van der Waals surface area contributed by atoms with Gasteiger partial charge in [-0.2, -0.15) is 0 Å². The van der Waals surface area contributed by atoms with Crippen LogP contribution >= 0.6 is 0 Å². The number of benzene rings is 1. The number of ether oxygens (including phenoxy) is 1. The fourth-order valence-electron chi connectivity index (χ4n) is 3.65. The highest BCUT2D eigenvalue weighted by atomic mass is 19.1. The predicted molar refractivity (Wildman–Crippen MR) is 88.4 cm³/mol. The molecule has 3 rings (SSSR count). The predicted octanol–water partition coefficient (Wildman–Crippen LogP) is 2.32. The lowest BCUT2D eigenvalue weighted by atomic mass is 9.98. The molecule has 1 aromatic rings. The third-order valence-corrected chi connectivity index (χ3v) is 4.97. The van der Waals surface area contributed by atoms with Crippen molar-refractivity contribution in [2.24, 2.45) is 5.92 Å². The van der Waals surface area contributed by atoms with Crippen molar-refractivity contribution < 1.29 is 18.7 Å². The molecule has 3 atom stereocenters. The summed E-state index contributed by atoms with van der Waals surface area (Å²) in [6.45, 7) is 2.10. The lowest BCUT2D eigenvalue weighted by Crippen LogP contribution is -2.57. The fraction of sp³-hybridized carbons (Fsp3) is 0.556. The first kappa shape index (κ1) is 16.9. The van der Waals surface area contributed by atoms with Gasteiger partial charge in [-0.05, 0) is 30.5 Å². The zero-order chi connectivity index (χ0) is 17.3. The Kier molecular flexibility index (Phi) is 4.85. The Labute approximate surface area is 141 Å². The Hall–Kier alpha value is -1.95. The molecule has 0 spiro atoms. The highest BCUT2D eigenvalue weighted by Gasteiger charge is 2.42. The van der Waals surface area contributed by atoms with E-state index in [-0.39, 0.29) is 36.4 Å². The number of amides is 2. The van der Waals surface area contributed by atoms with E-state index < -0.39 is 6.67 Å². The number of carbonyl (C=O) groups excluding carboxylic acids is 2. The lowest BCUT2D eigenvalue weighted by Gasteiger charge is -2.36. The van der Waals surface area contributed by atoms with Crippen LogP contribution in [0.1, 0.15) is 31.4 Å². The van der Waals surface area contributed by atoms with Crippen LogP contribution in [0.4, 0.5) is 10.1 Å². The summed E-state index contributed by atoms with van der Waals surface area (Å²) in [6, 6.07) is 6.98. The second-order valence-corrected chi connectivity index (χ2v) is 6.55.